The number of pyridine rings is 1. The number of aromatic nitrogens is 3. The molecule has 0 fully saturated rings. The molecule has 0 aromatic carbocycles. The third-order valence-electron chi connectivity index (χ3n) is 2.70. The molecule has 0 aliphatic heterocycles. The highest BCUT2D eigenvalue weighted by atomic mass is 15.3. The molecule has 0 saturated carbocycles. The topological polar surface area (TPSA) is 56.7 Å². The van der Waals surface area contributed by atoms with E-state index in [2.05, 4.69) is 30.9 Å². The molecule has 2 N–H and O–H groups in total. The van der Waals surface area contributed by atoms with Crippen LogP contribution in [0.25, 0.3) is 5.82 Å². The number of nitrogens with two attached hydrogens (primary N) is 1. The summed E-state index contributed by atoms with van der Waals surface area (Å²) in [6, 6.07) is 5.90. The number of hydrogen-bond donors (Lipinski definition) is 1. The fourth-order valence-corrected chi connectivity index (χ4v) is 1.82. The molecule has 0 radical (unpaired) electrons. The molecule has 0 amide bonds. The van der Waals surface area contributed by atoms with Gasteiger partial charge in [0.2, 0.25) is 0 Å². The molecule has 2 rings (SSSR count). The van der Waals surface area contributed by atoms with Crippen LogP contribution < -0.4 is 5.73 Å². The fraction of sp³-hybridized carbons (Fsp3) is 0.385. The summed E-state index contributed by atoms with van der Waals surface area (Å²) in [5.74, 6) is 0.824. The highest BCUT2D eigenvalue weighted by molar-refractivity contribution is 5.35. The first-order valence-electron chi connectivity index (χ1n) is 5.73. The molecule has 0 bridgehead atoms. The molecule has 4 nitrogen and oxygen atoms in total. The molecule has 2 aromatic heterocycles. The van der Waals surface area contributed by atoms with Gasteiger partial charge in [0, 0.05) is 29.9 Å². The Hall–Kier alpha value is -1.68. The summed E-state index contributed by atoms with van der Waals surface area (Å²) in [5, 5.41) is 4.36. The molecule has 17 heavy (non-hydrogen) atoms. The van der Waals surface area contributed by atoms with Crippen molar-refractivity contribution in [3.63, 3.8) is 0 Å². The minimum absolute atomic E-state index is 0.0277. The van der Waals surface area contributed by atoms with Crippen molar-refractivity contribution in [2.24, 2.45) is 5.73 Å². The van der Waals surface area contributed by atoms with Crippen LogP contribution in [0.5, 0.6) is 0 Å². The summed E-state index contributed by atoms with van der Waals surface area (Å²) in [6.07, 6.45) is 3.57. The average Bonchev–Trinajstić information content (AvgIpc) is 2.77. The van der Waals surface area contributed by atoms with E-state index in [1.165, 1.54) is 0 Å². The summed E-state index contributed by atoms with van der Waals surface area (Å²) in [7, 11) is 0. The summed E-state index contributed by atoms with van der Waals surface area (Å²) >= 11 is 0. The Bertz CT molecular complexity index is 508. The quantitative estimate of drug-likeness (QED) is 0.858. The van der Waals surface area contributed by atoms with Crippen LogP contribution in [0, 0.1) is 0 Å². The van der Waals surface area contributed by atoms with Gasteiger partial charge in [0.1, 0.15) is 0 Å². The zero-order valence-electron chi connectivity index (χ0n) is 10.5. The van der Waals surface area contributed by atoms with E-state index in [9.17, 15) is 0 Å². The van der Waals surface area contributed by atoms with E-state index in [4.69, 9.17) is 5.73 Å². The monoisotopic (exact) mass is 230 g/mol. The van der Waals surface area contributed by atoms with Gasteiger partial charge in [-0.2, -0.15) is 5.10 Å². The first kappa shape index (κ1) is 11.8. The van der Waals surface area contributed by atoms with Crippen molar-refractivity contribution in [3.8, 4) is 5.82 Å². The standard InChI is InChI=1S/C13H18N4/c1-13(2,3)11-6-8-16-17(11)12-10(9-14)5-4-7-15-12/h4-8H,9,14H2,1-3H3. The van der Waals surface area contributed by atoms with E-state index in [-0.39, 0.29) is 5.41 Å². The second-order valence-electron chi connectivity index (χ2n) is 5.07. The van der Waals surface area contributed by atoms with Gasteiger partial charge in [0.05, 0.1) is 5.69 Å². The summed E-state index contributed by atoms with van der Waals surface area (Å²) in [6.45, 7) is 6.94. The van der Waals surface area contributed by atoms with Gasteiger partial charge in [-0.3, -0.25) is 0 Å². The number of hydrogen-bond acceptors (Lipinski definition) is 3. The largest absolute Gasteiger partial charge is 0.326 e. The normalized spacial score (nSPS) is 11.8. The Morgan fingerprint density at radius 2 is 2.00 bits per heavy atom. The van der Waals surface area contributed by atoms with Crippen molar-refractivity contribution in [1.82, 2.24) is 14.8 Å². The van der Waals surface area contributed by atoms with Crippen molar-refractivity contribution < 1.29 is 0 Å². The highest BCUT2D eigenvalue weighted by Gasteiger charge is 2.20. The van der Waals surface area contributed by atoms with E-state index in [0.29, 0.717) is 6.54 Å². The number of rotatable bonds is 2. The first-order valence-corrected chi connectivity index (χ1v) is 5.73. The van der Waals surface area contributed by atoms with Crippen molar-refractivity contribution in [2.45, 2.75) is 32.7 Å². The molecule has 0 atom stereocenters. The second-order valence-corrected chi connectivity index (χ2v) is 5.07. The van der Waals surface area contributed by atoms with Crippen molar-refractivity contribution in [2.75, 3.05) is 0 Å². The molecule has 2 aromatic rings. The van der Waals surface area contributed by atoms with Crippen LogP contribution in [0.15, 0.2) is 30.6 Å². The van der Waals surface area contributed by atoms with Crippen LogP contribution in [0.1, 0.15) is 32.0 Å². The maximum atomic E-state index is 5.73. The van der Waals surface area contributed by atoms with E-state index >= 15 is 0 Å². The second kappa shape index (κ2) is 4.30. The Kier molecular flexibility index (Phi) is 2.98. The molecule has 0 saturated heterocycles. The van der Waals surface area contributed by atoms with Gasteiger partial charge < -0.3 is 5.73 Å². The van der Waals surface area contributed by atoms with Crippen molar-refractivity contribution in [1.29, 1.82) is 0 Å². The van der Waals surface area contributed by atoms with Crippen molar-refractivity contribution >= 4 is 0 Å². The Morgan fingerprint density at radius 3 is 2.65 bits per heavy atom. The fourth-order valence-electron chi connectivity index (χ4n) is 1.82. The Labute approximate surface area is 101 Å². The SMILES string of the molecule is CC(C)(C)c1ccnn1-c1ncccc1CN. The Balaban J connectivity index is 2.58. The summed E-state index contributed by atoms with van der Waals surface area (Å²) < 4.78 is 1.88. The van der Waals surface area contributed by atoms with E-state index in [1.54, 1.807) is 12.4 Å². The van der Waals surface area contributed by atoms with Crippen LogP contribution in [-0.4, -0.2) is 14.8 Å². The molecule has 90 valence electrons. The zero-order chi connectivity index (χ0) is 12.5. The van der Waals surface area contributed by atoms with E-state index in [0.717, 1.165) is 17.1 Å². The lowest BCUT2D eigenvalue weighted by Gasteiger charge is -2.20. The van der Waals surface area contributed by atoms with Gasteiger partial charge in [0.15, 0.2) is 5.82 Å². The molecular formula is C13H18N4. The molecule has 2 heterocycles. The van der Waals surface area contributed by atoms with Gasteiger partial charge in [-0.15, -0.1) is 0 Å². The minimum Gasteiger partial charge on any atom is -0.326 e. The molecule has 0 unspecified atom stereocenters. The molecular weight excluding hydrogens is 212 g/mol. The van der Waals surface area contributed by atoms with Gasteiger partial charge in [-0.05, 0) is 12.1 Å². The summed E-state index contributed by atoms with van der Waals surface area (Å²) in [4.78, 5) is 4.39. The Morgan fingerprint density at radius 1 is 1.24 bits per heavy atom. The third kappa shape index (κ3) is 2.22. The van der Waals surface area contributed by atoms with Crippen LogP contribution in [0.4, 0.5) is 0 Å². The van der Waals surface area contributed by atoms with Gasteiger partial charge >= 0.3 is 0 Å². The van der Waals surface area contributed by atoms with E-state index < -0.39 is 0 Å². The third-order valence-corrected chi connectivity index (χ3v) is 2.70. The van der Waals surface area contributed by atoms with Gasteiger partial charge in [0.25, 0.3) is 0 Å². The zero-order valence-corrected chi connectivity index (χ0v) is 10.5. The predicted molar refractivity (Wildman–Crippen MR) is 68.0 cm³/mol. The molecule has 0 aliphatic carbocycles. The maximum Gasteiger partial charge on any atom is 0.158 e. The van der Waals surface area contributed by atoms with Gasteiger partial charge in [-0.25, -0.2) is 9.67 Å². The maximum absolute atomic E-state index is 5.73. The molecule has 4 heteroatoms. The smallest absolute Gasteiger partial charge is 0.158 e. The first-order chi connectivity index (χ1) is 8.04. The summed E-state index contributed by atoms with van der Waals surface area (Å²) in [5.41, 5.74) is 7.89. The van der Waals surface area contributed by atoms with Crippen LogP contribution >= 0.6 is 0 Å². The lowest BCUT2D eigenvalue weighted by molar-refractivity contribution is 0.540. The van der Waals surface area contributed by atoms with Crippen LogP contribution in [0.2, 0.25) is 0 Å². The lowest BCUT2D eigenvalue weighted by atomic mass is 9.92. The molecule has 0 spiro atoms. The lowest BCUT2D eigenvalue weighted by Crippen LogP contribution is -2.19. The van der Waals surface area contributed by atoms with Crippen LogP contribution in [-0.2, 0) is 12.0 Å². The van der Waals surface area contributed by atoms with Crippen LogP contribution in [0.3, 0.4) is 0 Å². The molecule has 0 aliphatic rings. The van der Waals surface area contributed by atoms with E-state index in [1.807, 2.05) is 22.9 Å². The predicted octanol–water partition coefficient (Wildman–Crippen LogP) is 2.02. The van der Waals surface area contributed by atoms with Gasteiger partial charge in [-0.1, -0.05) is 26.8 Å². The minimum atomic E-state index is 0.0277. The average molecular weight is 230 g/mol. The highest BCUT2D eigenvalue weighted by Crippen LogP contribution is 2.24. The van der Waals surface area contributed by atoms with Crippen molar-refractivity contribution in [3.05, 3.63) is 41.9 Å². The number of nitrogens with zero attached hydrogens (tertiary/aromatic N) is 3.